The standard InChI is InChI=1S/H5N3O2S/c1-3(2)6(4)5/h1-2H2,(H,4,5). The number of hydrogen-bond donors (Lipinski definition) is 3. The predicted molar refractivity (Wildman–Crippen MR) is 21.0 cm³/mol. The Morgan fingerprint density at radius 1 is 1.67 bits per heavy atom. The molecule has 0 aliphatic rings. The van der Waals surface area contributed by atoms with Crippen molar-refractivity contribution in [3.05, 3.63) is 0 Å². The van der Waals surface area contributed by atoms with E-state index in [1.165, 1.54) is 0 Å². The zero-order valence-corrected chi connectivity index (χ0v) is 3.68. The molecule has 0 radical (unpaired) electrons. The zero-order chi connectivity index (χ0) is 5.15. The fraction of sp³-hybridized carbons (Fsp3) is 0. The molecule has 0 aromatic carbocycles. The van der Waals surface area contributed by atoms with Gasteiger partial charge in [-0.15, -0.1) is 0 Å². The summed E-state index contributed by atoms with van der Waals surface area (Å²) in [5.41, 5.74) is 0. The zero-order valence-electron chi connectivity index (χ0n) is 2.87. The second-order valence-electron chi connectivity index (χ2n) is 0.591. The summed E-state index contributed by atoms with van der Waals surface area (Å²) in [6.45, 7) is 0. The first kappa shape index (κ1) is 5.99. The van der Waals surface area contributed by atoms with Crippen molar-refractivity contribution in [1.82, 2.24) is 4.52 Å². The van der Waals surface area contributed by atoms with Crippen LogP contribution in [0.4, 0.5) is 0 Å². The van der Waals surface area contributed by atoms with E-state index < -0.39 is 11.3 Å². The molecule has 0 aliphatic carbocycles. The van der Waals surface area contributed by atoms with Gasteiger partial charge in [0.2, 0.25) is 0 Å². The van der Waals surface area contributed by atoms with Crippen molar-refractivity contribution in [1.29, 1.82) is 0 Å². The summed E-state index contributed by atoms with van der Waals surface area (Å²) >= 11 is -2.23. The fourth-order valence-electron chi connectivity index (χ4n) is 0. The summed E-state index contributed by atoms with van der Waals surface area (Å²) in [7, 11) is 0. The van der Waals surface area contributed by atoms with Gasteiger partial charge in [0.05, 0.1) is 0 Å². The lowest BCUT2D eigenvalue weighted by Crippen LogP contribution is -2.38. The van der Waals surface area contributed by atoms with E-state index >= 15 is 0 Å². The van der Waals surface area contributed by atoms with Crippen LogP contribution in [-0.2, 0) is 11.3 Å². The molecule has 0 saturated carbocycles. The molecule has 0 fully saturated rings. The molecule has 0 heterocycles. The third-order valence-corrected chi connectivity index (χ3v) is 0.541. The number of hydrazine groups is 2. The third kappa shape index (κ3) is 2.24. The molecule has 6 heteroatoms. The van der Waals surface area contributed by atoms with Crippen molar-refractivity contribution in [3.63, 3.8) is 0 Å². The summed E-state index contributed by atoms with van der Waals surface area (Å²) in [5.74, 6) is 8.99. The molecule has 0 amide bonds. The number of nitrogens with two attached hydrogens (primary N) is 2. The summed E-state index contributed by atoms with van der Waals surface area (Å²) in [6.07, 6.45) is 0. The van der Waals surface area contributed by atoms with Gasteiger partial charge in [-0.25, -0.2) is 15.9 Å². The van der Waals surface area contributed by atoms with Crippen LogP contribution in [0.1, 0.15) is 0 Å². The van der Waals surface area contributed by atoms with Gasteiger partial charge in [-0.1, -0.05) is 4.52 Å². The fourth-order valence-corrected chi connectivity index (χ4v) is 0. The van der Waals surface area contributed by atoms with Crippen molar-refractivity contribution in [2.75, 3.05) is 0 Å². The molecule has 0 rings (SSSR count). The predicted octanol–water partition coefficient (Wildman–Crippen LogP) is -1.83. The topological polar surface area (TPSA) is 92.6 Å². The minimum atomic E-state index is -2.23. The molecule has 5 N–H and O–H groups in total. The minimum absolute atomic E-state index is 0.194. The van der Waals surface area contributed by atoms with E-state index in [1.807, 2.05) is 0 Å². The Kier molecular flexibility index (Phi) is 2.21. The second kappa shape index (κ2) is 2.21. The molecule has 1 atom stereocenters. The lowest BCUT2D eigenvalue weighted by atomic mass is 12.6. The molecular formula is H5N3O2S. The Balaban J connectivity index is 3.26. The average Bonchev–Trinajstić information content (AvgIpc) is 1.36. The molecule has 38 valence electrons. The highest BCUT2D eigenvalue weighted by molar-refractivity contribution is 7.76. The van der Waals surface area contributed by atoms with E-state index in [9.17, 15) is 4.21 Å². The number of hydrogen-bond acceptors (Lipinski definition) is 3. The molecule has 0 saturated heterocycles. The largest absolute Gasteiger partial charge is 0.292 e. The van der Waals surface area contributed by atoms with Gasteiger partial charge in [0.15, 0.2) is 0 Å². The van der Waals surface area contributed by atoms with Gasteiger partial charge in [0.25, 0.3) is 11.3 Å². The SMILES string of the molecule is NN(N)S(=O)O. The van der Waals surface area contributed by atoms with E-state index in [2.05, 4.69) is 11.7 Å². The highest BCUT2D eigenvalue weighted by Crippen LogP contribution is 1.62. The summed E-state index contributed by atoms with van der Waals surface area (Å²) < 4.78 is 17.5. The Hall–Kier alpha value is -0.0100. The first-order valence-electron chi connectivity index (χ1n) is 1.05. The molecular weight excluding hydrogens is 106 g/mol. The normalized spacial score (nSPS) is 15.3. The van der Waals surface area contributed by atoms with Gasteiger partial charge in [-0.2, -0.15) is 0 Å². The molecule has 5 nitrogen and oxygen atoms in total. The highest BCUT2D eigenvalue weighted by Gasteiger charge is 1.91. The Bertz CT molecular complexity index is 59.8. The lowest BCUT2D eigenvalue weighted by Gasteiger charge is -1.97. The van der Waals surface area contributed by atoms with Crippen molar-refractivity contribution in [3.8, 4) is 0 Å². The van der Waals surface area contributed by atoms with Crippen LogP contribution < -0.4 is 11.7 Å². The first-order chi connectivity index (χ1) is 2.64. The Morgan fingerprint density at radius 2 is 1.83 bits per heavy atom. The van der Waals surface area contributed by atoms with Crippen molar-refractivity contribution in [2.24, 2.45) is 11.7 Å². The number of nitrogens with zero attached hydrogens (tertiary/aromatic N) is 1. The lowest BCUT2D eigenvalue weighted by molar-refractivity contribution is 0.423. The summed E-state index contributed by atoms with van der Waals surface area (Å²) in [4.78, 5) is 0. The van der Waals surface area contributed by atoms with Crippen LogP contribution in [0, 0.1) is 0 Å². The van der Waals surface area contributed by atoms with Crippen LogP contribution in [0.15, 0.2) is 0 Å². The highest BCUT2D eigenvalue weighted by atomic mass is 32.2. The minimum Gasteiger partial charge on any atom is -0.292 e. The van der Waals surface area contributed by atoms with Gasteiger partial charge in [-0.05, 0) is 0 Å². The second-order valence-corrected chi connectivity index (χ2v) is 1.47. The third-order valence-electron chi connectivity index (χ3n) is 0.180. The van der Waals surface area contributed by atoms with Gasteiger partial charge in [0, 0.05) is 0 Å². The van der Waals surface area contributed by atoms with Gasteiger partial charge >= 0.3 is 0 Å². The molecule has 0 spiro atoms. The van der Waals surface area contributed by atoms with Crippen molar-refractivity contribution >= 4 is 11.3 Å². The van der Waals surface area contributed by atoms with Gasteiger partial charge < -0.3 is 0 Å². The monoisotopic (exact) mass is 111 g/mol. The van der Waals surface area contributed by atoms with Crippen molar-refractivity contribution < 1.29 is 8.76 Å². The average molecular weight is 111 g/mol. The van der Waals surface area contributed by atoms with Crippen LogP contribution in [0.3, 0.4) is 0 Å². The molecule has 6 heavy (non-hydrogen) atoms. The Labute approximate surface area is 37.3 Å². The van der Waals surface area contributed by atoms with E-state index in [1.54, 1.807) is 0 Å². The molecule has 0 bridgehead atoms. The van der Waals surface area contributed by atoms with Gasteiger partial charge in [0.1, 0.15) is 0 Å². The van der Waals surface area contributed by atoms with Crippen molar-refractivity contribution in [2.45, 2.75) is 0 Å². The van der Waals surface area contributed by atoms with Crippen LogP contribution in [0.5, 0.6) is 0 Å². The molecule has 1 unspecified atom stereocenters. The van der Waals surface area contributed by atoms with Crippen LogP contribution >= 0.6 is 0 Å². The van der Waals surface area contributed by atoms with Crippen LogP contribution in [0.25, 0.3) is 0 Å². The van der Waals surface area contributed by atoms with E-state index in [4.69, 9.17) is 4.55 Å². The quantitative estimate of drug-likeness (QED) is 0.211. The Morgan fingerprint density at radius 3 is 1.83 bits per heavy atom. The maximum Gasteiger partial charge on any atom is 0.263 e. The molecule has 0 aromatic heterocycles. The van der Waals surface area contributed by atoms with E-state index in [0.29, 0.717) is 0 Å². The molecule has 0 aromatic rings. The maximum absolute atomic E-state index is 9.49. The van der Waals surface area contributed by atoms with Gasteiger partial charge in [-0.3, -0.25) is 4.55 Å². The van der Waals surface area contributed by atoms with E-state index in [0.717, 1.165) is 0 Å². The van der Waals surface area contributed by atoms with E-state index in [-0.39, 0.29) is 4.52 Å². The maximum atomic E-state index is 9.49. The summed E-state index contributed by atoms with van der Waals surface area (Å²) in [5, 5.41) is 0. The number of rotatable bonds is 1. The van der Waals surface area contributed by atoms with Crippen LogP contribution in [0.2, 0.25) is 0 Å². The van der Waals surface area contributed by atoms with Crippen LogP contribution in [-0.4, -0.2) is 13.3 Å². The smallest absolute Gasteiger partial charge is 0.263 e. The molecule has 0 aliphatic heterocycles. The first-order valence-corrected chi connectivity index (χ1v) is 2.11. The summed E-state index contributed by atoms with van der Waals surface area (Å²) in [6, 6.07) is 0.